The third-order valence-corrected chi connectivity index (χ3v) is 6.85. The minimum atomic E-state index is -0.466. The van der Waals surface area contributed by atoms with Crippen LogP contribution in [0.3, 0.4) is 0 Å². The molecule has 1 aromatic heterocycles. The van der Waals surface area contributed by atoms with Crippen LogP contribution in [0, 0.1) is 6.92 Å². The van der Waals surface area contributed by atoms with Gasteiger partial charge in [-0.15, -0.1) is 35.5 Å². The number of thiophene rings is 1. The van der Waals surface area contributed by atoms with Crippen LogP contribution in [0.5, 0.6) is 0 Å². The standard InChI is InChI=1S/C20H25N3O2S2.ClH/c1-12(2)23-9-8-15-16(10-23)27-20(18(15)19(21)25)22-17(24)11-26-14-6-4-13(3)5-7-14;/h4-7,12H,8-11H2,1-3H3,(H2,21,25)(H,22,24);1H. The summed E-state index contributed by atoms with van der Waals surface area (Å²) in [6.07, 6.45) is 0.788. The predicted molar refractivity (Wildman–Crippen MR) is 120 cm³/mol. The summed E-state index contributed by atoms with van der Waals surface area (Å²) in [5, 5.41) is 3.50. The highest BCUT2D eigenvalue weighted by atomic mass is 35.5. The van der Waals surface area contributed by atoms with Gasteiger partial charge in [0.05, 0.1) is 11.3 Å². The smallest absolute Gasteiger partial charge is 0.251 e. The van der Waals surface area contributed by atoms with E-state index in [1.165, 1.54) is 28.7 Å². The molecule has 5 nitrogen and oxygen atoms in total. The average Bonchev–Trinajstić information content (AvgIpc) is 2.98. The van der Waals surface area contributed by atoms with Crippen LogP contribution in [0.1, 0.15) is 40.2 Å². The Morgan fingerprint density at radius 3 is 2.57 bits per heavy atom. The largest absolute Gasteiger partial charge is 0.365 e. The van der Waals surface area contributed by atoms with Crippen LogP contribution >= 0.6 is 35.5 Å². The molecular formula is C20H26ClN3O2S2. The number of hydrogen-bond acceptors (Lipinski definition) is 5. The lowest BCUT2D eigenvalue weighted by molar-refractivity contribution is -0.113. The van der Waals surface area contributed by atoms with Crippen molar-refractivity contribution < 1.29 is 9.59 Å². The average molecular weight is 440 g/mol. The number of primary amides is 1. The number of carbonyl (C=O) groups excluding carboxylic acids is 2. The molecule has 8 heteroatoms. The minimum absolute atomic E-state index is 0. The van der Waals surface area contributed by atoms with Crippen LogP contribution in [0.4, 0.5) is 5.00 Å². The Labute approximate surface area is 180 Å². The highest BCUT2D eigenvalue weighted by Crippen LogP contribution is 2.37. The summed E-state index contributed by atoms with van der Waals surface area (Å²) in [6, 6.07) is 8.51. The molecule has 0 fully saturated rings. The fourth-order valence-corrected chi connectivity index (χ4v) is 5.15. The second-order valence-corrected chi connectivity index (χ2v) is 9.19. The van der Waals surface area contributed by atoms with E-state index in [-0.39, 0.29) is 18.3 Å². The van der Waals surface area contributed by atoms with E-state index in [9.17, 15) is 9.59 Å². The first-order valence-electron chi connectivity index (χ1n) is 9.03. The van der Waals surface area contributed by atoms with E-state index in [4.69, 9.17) is 5.73 Å². The molecule has 0 bridgehead atoms. The molecule has 152 valence electrons. The molecule has 1 aliphatic heterocycles. The van der Waals surface area contributed by atoms with E-state index in [2.05, 4.69) is 24.1 Å². The number of carbonyl (C=O) groups is 2. The summed E-state index contributed by atoms with van der Waals surface area (Å²) < 4.78 is 0. The van der Waals surface area contributed by atoms with Gasteiger partial charge < -0.3 is 11.1 Å². The molecule has 0 aliphatic carbocycles. The van der Waals surface area contributed by atoms with Gasteiger partial charge in [-0.3, -0.25) is 14.5 Å². The molecule has 0 spiro atoms. The zero-order valence-electron chi connectivity index (χ0n) is 16.3. The van der Waals surface area contributed by atoms with Crippen molar-refractivity contribution in [3.63, 3.8) is 0 Å². The maximum Gasteiger partial charge on any atom is 0.251 e. The molecule has 1 aliphatic rings. The van der Waals surface area contributed by atoms with Crippen molar-refractivity contribution in [1.29, 1.82) is 0 Å². The van der Waals surface area contributed by atoms with E-state index in [1.807, 2.05) is 31.2 Å². The van der Waals surface area contributed by atoms with Crippen molar-refractivity contribution in [2.45, 2.75) is 44.7 Å². The van der Waals surface area contributed by atoms with Gasteiger partial charge in [-0.1, -0.05) is 17.7 Å². The first-order chi connectivity index (χ1) is 12.8. The number of thioether (sulfide) groups is 1. The molecule has 0 atom stereocenters. The molecule has 0 saturated heterocycles. The molecule has 1 aromatic carbocycles. The van der Waals surface area contributed by atoms with Gasteiger partial charge in [-0.25, -0.2) is 0 Å². The summed E-state index contributed by atoms with van der Waals surface area (Å²) in [5.41, 5.74) is 8.32. The summed E-state index contributed by atoms with van der Waals surface area (Å²) >= 11 is 2.96. The number of benzene rings is 1. The number of fused-ring (bicyclic) bond motifs is 1. The Hall–Kier alpha value is -1.54. The number of nitrogens with two attached hydrogens (primary N) is 1. The molecule has 2 amide bonds. The monoisotopic (exact) mass is 439 g/mol. The lowest BCUT2D eigenvalue weighted by atomic mass is 10.0. The van der Waals surface area contributed by atoms with Crippen LogP contribution in [0.2, 0.25) is 0 Å². The number of rotatable bonds is 6. The topological polar surface area (TPSA) is 75.4 Å². The highest BCUT2D eigenvalue weighted by Gasteiger charge is 2.28. The fourth-order valence-electron chi connectivity index (χ4n) is 3.16. The number of amides is 2. The summed E-state index contributed by atoms with van der Waals surface area (Å²) in [4.78, 5) is 29.0. The molecule has 28 heavy (non-hydrogen) atoms. The number of nitrogens with one attached hydrogen (secondary N) is 1. The zero-order valence-corrected chi connectivity index (χ0v) is 18.7. The number of hydrogen-bond donors (Lipinski definition) is 2. The lowest BCUT2D eigenvalue weighted by Gasteiger charge is -2.30. The van der Waals surface area contributed by atoms with E-state index < -0.39 is 5.91 Å². The van der Waals surface area contributed by atoms with Gasteiger partial charge >= 0.3 is 0 Å². The molecule has 0 radical (unpaired) electrons. The Kier molecular flexibility index (Phi) is 7.95. The molecule has 0 saturated carbocycles. The Morgan fingerprint density at radius 2 is 1.96 bits per heavy atom. The first kappa shape index (κ1) is 22.7. The van der Waals surface area contributed by atoms with Crippen molar-refractivity contribution in [3.8, 4) is 0 Å². The maximum atomic E-state index is 12.4. The van der Waals surface area contributed by atoms with Gasteiger partial charge in [0.25, 0.3) is 5.91 Å². The molecule has 2 aromatic rings. The van der Waals surface area contributed by atoms with Gasteiger partial charge in [-0.2, -0.15) is 0 Å². The molecular weight excluding hydrogens is 414 g/mol. The summed E-state index contributed by atoms with van der Waals surface area (Å²) in [6.45, 7) is 8.06. The number of aryl methyl sites for hydroxylation is 1. The molecule has 0 unspecified atom stereocenters. The normalized spacial score (nSPS) is 13.7. The van der Waals surface area contributed by atoms with Crippen molar-refractivity contribution >= 4 is 52.3 Å². The quantitative estimate of drug-likeness (QED) is 0.665. The number of anilines is 1. The second-order valence-electron chi connectivity index (χ2n) is 7.04. The van der Waals surface area contributed by atoms with E-state index >= 15 is 0 Å². The molecule has 3 rings (SSSR count). The minimum Gasteiger partial charge on any atom is -0.365 e. The van der Waals surface area contributed by atoms with Crippen molar-refractivity contribution in [2.24, 2.45) is 5.73 Å². The SMILES string of the molecule is Cc1ccc(SCC(=O)Nc2sc3c(c2C(N)=O)CCN(C(C)C)C3)cc1.Cl. The van der Waals surface area contributed by atoms with Gasteiger partial charge in [-0.05, 0) is 44.9 Å². The Morgan fingerprint density at radius 1 is 1.29 bits per heavy atom. The van der Waals surface area contributed by atoms with Crippen LogP contribution in [-0.4, -0.2) is 35.1 Å². The van der Waals surface area contributed by atoms with Gasteiger partial charge in [0.1, 0.15) is 5.00 Å². The van der Waals surface area contributed by atoms with E-state index in [1.54, 1.807) is 0 Å². The van der Waals surface area contributed by atoms with Crippen molar-refractivity contribution in [3.05, 3.63) is 45.8 Å². The highest BCUT2D eigenvalue weighted by molar-refractivity contribution is 8.00. The third-order valence-electron chi connectivity index (χ3n) is 4.71. The predicted octanol–water partition coefficient (Wildman–Crippen LogP) is 4.07. The summed E-state index contributed by atoms with van der Waals surface area (Å²) in [5.74, 6) is -0.295. The van der Waals surface area contributed by atoms with Crippen LogP contribution in [0.25, 0.3) is 0 Å². The van der Waals surface area contributed by atoms with Crippen molar-refractivity contribution in [1.82, 2.24) is 4.90 Å². The number of nitrogens with zero attached hydrogens (tertiary/aromatic N) is 1. The van der Waals surface area contributed by atoms with Gasteiger partial charge in [0.15, 0.2) is 0 Å². The first-order valence-corrected chi connectivity index (χ1v) is 10.8. The molecule has 3 N–H and O–H groups in total. The summed E-state index contributed by atoms with van der Waals surface area (Å²) in [7, 11) is 0. The maximum absolute atomic E-state index is 12.4. The third kappa shape index (κ3) is 5.29. The Balaban J connectivity index is 0.00000280. The van der Waals surface area contributed by atoms with E-state index in [0.717, 1.165) is 34.8 Å². The van der Waals surface area contributed by atoms with E-state index in [0.29, 0.717) is 22.4 Å². The van der Waals surface area contributed by atoms with Gasteiger partial charge in [0, 0.05) is 28.9 Å². The van der Waals surface area contributed by atoms with Crippen LogP contribution in [-0.2, 0) is 17.8 Å². The second kappa shape index (κ2) is 9.78. The molecule has 2 heterocycles. The lowest BCUT2D eigenvalue weighted by Crippen LogP contribution is -2.35. The van der Waals surface area contributed by atoms with Crippen molar-refractivity contribution in [2.75, 3.05) is 17.6 Å². The Bertz CT molecular complexity index is 850. The van der Waals surface area contributed by atoms with Gasteiger partial charge in [0.2, 0.25) is 5.91 Å². The van der Waals surface area contributed by atoms with Crippen LogP contribution < -0.4 is 11.1 Å². The zero-order chi connectivity index (χ0) is 19.6. The fraction of sp³-hybridized carbons (Fsp3) is 0.400. The number of halogens is 1. The van der Waals surface area contributed by atoms with Crippen LogP contribution in [0.15, 0.2) is 29.2 Å².